The van der Waals surface area contributed by atoms with Crippen LogP contribution < -0.4 is 5.32 Å². The molecule has 0 heterocycles. The van der Waals surface area contributed by atoms with Gasteiger partial charge in [0, 0.05) is 5.56 Å². The van der Waals surface area contributed by atoms with Crippen LogP contribution in [0.5, 0.6) is 0 Å². The fraction of sp³-hybridized carbons (Fsp3) is 0.240. The molecule has 1 N–H and O–H groups in total. The van der Waals surface area contributed by atoms with Gasteiger partial charge in [-0.15, -0.1) is 0 Å². The highest BCUT2D eigenvalue weighted by Crippen LogP contribution is 2.20. The fourth-order valence-corrected chi connectivity index (χ4v) is 3.46. The molecular formula is C25H27NO. The lowest BCUT2D eigenvalue weighted by molar-refractivity contribution is 0.0939. The van der Waals surface area contributed by atoms with Gasteiger partial charge < -0.3 is 5.32 Å². The molecule has 3 aromatic carbocycles. The summed E-state index contributed by atoms with van der Waals surface area (Å²) in [6.07, 6.45) is 1.78. The van der Waals surface area contributed by atoms with Crippen molar-refractivity contribution in [3.05, 3.63) is 106 Å². The Morgan fingerprint density at radius 1 is 0.889 bits per heavy atom. The summed E-state index contributed by atoms with van der Waals surface area (Å²) in [7, 11) is 0. The number of amides is 1. The predicted molar refractivity (Wildman–Crippen MR) is 112 cm³/mol. The normalized spacial score (nSPS) is 11.8. The number of aryl methyl sites for hydroxylation is 4. The van der Waals surface area contributed by atoms with Crippen LogP contribution >= 0.6 is 0 Å². The van der Waals surface area contributed by atoms with Crippen molar-refractivity contribution in [2.24, 2.45) is 0 Å². The third-order valence-electron chi connectivity index (χ3n) is 5.04. The molecule has 0 aliphatic carbocycles. The van der Waals surface area contributed by atoms with Crippen LogP contribution in [-0.2, 0) is 12.8 Å². The molecule has 0 bridgehead atoms. The van der Waals surface area contributed by atoms with E-state index >= 15 is 0 Å². The summed E-state index contributed by atoms with van der Waals surface area (Å²) in [5, 5.41) is 3.18. The van der Waals surface area contributed by atoms with E-state index in [2.05, 4.69) is 67.7 Å². The van der Waals surface area contributed by atoms with E-state index in [-0.39, 0.29) is 11.9 Å². The molecule has 1 amide bonds. The van der Waals surface area contributed by atoms with Gasteiger partial charge in [-0.05, 0) is 61.9 Å². The lowest BCUT2D eigenvalue weighted by Gasteiger charge is -2.18. The molecule has 3 aromatic rings. The summed E-state index contributed by atoms with van der Waals surface area (Å²) < 4.78 is 0. The number of hydrogen-bond acceptors (Lipinski definition) is 1. The van der Waals surface area contributed by atoms with Gasteiger partial charge in [-0.1, -0.05) is 72.3 Å². The molecule has 3 rings (SSSR count). The van der Waals surface area contributed by atoms with Crippen molar-refractivity contribution in [2.75, 3.05) is 0 Å². The second-order valence-corrected chi connectivity index (χ2v) is 7.20. The van der Waals surface area contributed by atoms with Crippen LogP contribution in [0.4, 0.5) is 0 Å². The molecule has 2 heteroatoms. The minimum Gasteiger partial charge on any atom is -0.345 e. The molecule has 0 aliphatic heterocycles. The lowest BCUT2D eigenvalue weighted by atomic mass is 9.97. The van der Waals surface area contributed by atoms with Gasteiger partial charge in [-0.25, -0.2) is 0 Å². The van der Waals surface area contributed by atoms with Crippen LogP contribution in [0.25, 0.3) is 0 Å². The van der Waals surface area contributed by atoms with Crippen LogP contribution in [0.2, 0.25) is 0 Å². The molecule has 0 fully saturated rings. The Morgan fingerprint density at radius 2 is 1.59 bits per heavy atom. The van der Waals surface area contributed by atoms with E-state index in [9.17, 15) is 4.79 Å². The zero-order valence-electron chi connectivity index (χ0n) is 16.3. The van der Waals surface area contributed by atoms with Crippen LogP contribution in [-0.4, -0.2) is 5.91 Å². The zero-order valence-corrected chi connectivity index (χ0v) is 16.3. The van der Waals surface area contributed by atoms with E-state index in [4.69, 9.17) is 0 Å². The summed E-state index contributed by atoms with van der Waals surface area (Å²) >= 11 is 0. The van der Waals surface area contributed by atoms with Gasteiger partial charge in [0.25, 0.3) is 5.91 Å². The third-order valence-corrected chi connectivity index (χ3v) is 5.04. The maximum atomic E-state index is 12.9. The molecule has 1 atom stereocenters. The maximum absolute atomic E-state index is 12.9. The number of rotatable bonds is 6. The van der Waals surface area contributed by atoms with E-state index in [1.807, 2.05) is 31.2 Å². The Labute approximate surface area is 162 Å². The average molecular weight is 357 g/mol. The van der Waals surface area contributed by atoms with Crippen LogP contribution in [0, 0.1) is 13.8 Å². The number of carbonyl (C=O) groups is 1. The van der Waals surface area contributed by atoms with Crippen molar-refractivity contribution < 1.29 is 4.79 Å². The fourth-order valence-electron chi connectivity index (χ4n) is 3.46. The van der Waals surface area contributed by atoms with E-state index in [0.29, 0.717) is 0 Å². The number of carbonyl (C=O) groups excluding carboxylic acids is 1. The summed E-state index contributed by atoms with van der Waals surface area (Å²) in [5.74, 6) is -0.00734. The highest BCUT2D eigenvalue weighted by molar-refractivity contribution is 5.96. The molecule has 0 saturated heterocycles. The van der Waals surface area contributed by atoms with Crippen molar-refractivity contribution >= 4 is 5.91 Å². The van der Waals surface area contributed by atoms with Crippen LogP contribution in [0.1, 0.15) is 51.1 Å². The Bertz CT molecular complexity index is 915. The Morgan fingerprint density at radius 3 is 2.37 bits per heavy atom. The number of benzene rings is 3. The van der Waals surface area contributed by atoms with Gasteiger partial charge in [0.15, 0.2) is 0 Å². The highest BCUT2D eigenvalue weighted by atomic mass is 16.1. The minimum absolute atomic E-state index is 0.00734. The van der Waals surface area contributed by atoms with E-state index in [1.54, 1.807) is 0 Å². The van der Waals surface area contributed by atoms with Gasteiger partial charge in [0.1, 0.15) is 0 Å². The second-order valence-electron chi connectivity index (χ2n) is 7.20. The van der Waals surface area contributed by atoms with Crippen molar-refractivity contribution in [3.8, 4) is 0 Å². The first-order valence-electron chi connectivity index (χ1n) is 9.54. The summed E-state index contributed by atoms with van der Waals surface area (Å²) in [5.41, 5.74) is 6.73. The lowest BCUT2D eigenvalue weighted by Crippen LogP contribution is -2.28. The molecule has 0 saturated carbocycles. The number of hydrogen-bond donors (Lipinski definition) is 1. The first kappa shape index (κ1) is 18.9. The molecule has 2 nitrogen and oxygen atoms in total. The molecule has 27 heavy (non-hydrogen) atoms. The smallest absolute Gasteiger partial charge is 0.252 e. The van der Waals surface area contributed by atoms with Gasteiger partial charge in [0.05, 0.1) is 6.04 Å². The predicted octanol–water partition coefficient (Wildman–Crippen LogP) is 5.58. The zero-order chi connectivity index (χ0) is 19.2. The number of nitrogens with one attached hydrogen (secondary N) is 1. The Kier molecular flexibility index (Phi) is 6.08. The van der Waals surface area contributed by atoms with Crippen molar-refractivity contribution in [1.29, 1.82) is 0 Å². The first-order valence-corrected chi connectivity index (χ1v) is 9.54. The van der Waals surface area contributed by atoms with Gasteiger partial charge >= 0.3 is 0 Å². The van der Waals surface area contributed by atoms with Gasteiger partial charge in [0.2, 0.25) is 0 Å². The standard InChI is InChI=1S/C25H27NO/c1-18-13-14-19(2)24(17-18)20(3)26-25(27)23-12-8-7-11-22(23)16-15-21-9-5-4-6-10-21/h4-14,17,20H,15-16H2,1-3H3,(H,26,27)/t20-/m0/s1. The second kappa shape index (κ2) is 8.68. The topological polar surface area (TPSA) is 29.1 Å². The van der Waals surface area contributed by atoms with Crippen LogP contribution in [0.3, 0.4) is 0 Å². The summed E-state index contributed by atoms with van der Waals surface area (Å²) in [6.45, 7) is 6.22. The molecule has 0 spiro atoms. The Hall–Kier alpha value is -2.87. The molecule has 0 radical (unpaired) electrons. The molecule has 138 valence electrons. The molecule has 0 unspecified atom stereocenters. The molecular weight excluding hydrogens is 330 g/mol. The van der Waals surface area contributed by atoms with E-state index in [0.717, 1.165) is 24.0 Å². The van der Waals surface area contributed by atoms with Gasteiger partial charge in [-0.2, -0.15) is 0 Å². The quantitative estimate of drug-likeness (QED) is 0.613. The summed E-state index contributed by atoms with van der Waals surface area (Å²) in [4.78, 5) is 12.9. The van der Waals surface area contributed by atoms with E-state index in [1.165, 1.54) is 22.3 Å². The average Bonchev–Trinajstić information content (AvgIpc) is 2.69. The van der Waals surface area contributed by atoms with Crippen LogP contribution in [0.15, 0.2) is 72.8 Å². The molecule has 0 aromatic heterocycles. The maximum Gasteiger partial charge on any atom is 0.252 e. The summed E-state index contributed by atoms with van der Waals surface area (Å²) in [6, 6.07) is 24.7. The third kappa shape index (κ3) is 4.85. The minimum atomic E-state index is -0.0282. The van der Waals surface area contributed by atoms with Crippen molar-refractivity contribution in [1.82, 2.24) is 5.32 Å². The van der Waals surface area contributed by atoms with Crippen molar-refractivity contribution in [2.45, 2.75) is 39.7 Å². The van der Waals surface area contributed by atoms with Gasteiger partial charge in [-0.3, -0.25) is 4.79 Å². The Balaban J connectivity index is 1.74. The van der Waals surface area contributed by atoms with Crippen molar-refractivity contribution in [3.63, 3.8) is 0 Å². The highest BCUT2D eigenvalue weighted by Gasteiger charge is 2.16. The first-order chi connectivity index (χ1) is 13.0. The van der Waals surface area contributed by atoms with E-state index < -0.39 is 0 Å². The monoisotopic (exact) mass is 357 g/mol. The SMILES string of the molecule is Cc1ccc(C)c([C@H](C)NC(=O)c2ccccc2CCc2ccccc2)c1. The molecule has 0 aliphatic rings. The largest absolute Gasteiger partial charge is 0.345 e.